The van der Waals surface area contributed by atoms with Crippen molar-refractivity contribution in [2.75, 3.05) is 0 Å². The zero-order valence-electron chi connectivity index (χ0n) is 29.5. The maximum absolute atomic E-state index is 6.35. The fourth-order valence-electron chi connectivity index (χ4n) is 6.29. The Kier molecular flexibility index (Phi) is 11.5. The summed E-state index contributed by atoms with van der Waals surface area (Å²) in [4.78, 5) is 9.31. The Balaban J connectivity index is 0.000000205. The Bertz CT molecular complexity index is 2150. The first kappa shape index (κ1) is 36.1. The van der Waals surface area contributed by atoms with Crippen LogP contribution in [-0.2, 0) is 26.5 Å². The average Bonchev–Trinajstić information content (AvgIpc) is 3.48. The van der Waals surface area contributed by atoms with E-state index in [1.165, 1.54) is 16.3 Å². The van der Waals surface area contributed by atoms with Gasteiger partial charge < -0.3 is 14.4 Å². The molecule has 0 aliphatic carbocycles. The van der Waals surface area contributed by atoms with Crippen molar-refractivity contribution in [2.24, 2.45) is 5.92 Å². The average molecular weight is 837 g/mol. The minimum atomic E-state index is -1.34. The summed E-state index contributed by atoms with van der Waals surface area (Å²) in [6, 6.07) is 42.0. The van der Waals surface area contributed by atoms with Crippen molar-refractivity contribution in [3.05, 3.63) is 139 Å². The van der Waals surface area contributed by atoms with Gasteiger partial charge >= 0.3 is 0 Å². The van der Waals surface area contributed by atoms with E-state index in [0.717, 1.165) is 62.0 Å². The number of nitrogens with zero attached hydrogens (tertiary/aromatic N) is 2. The van der Waals surface area contributed by atoms with Crippen molar-refractivity contribution < 1.29 is 24.5 Å². The monoisotopic (exact) mass is 837 g/mol. The zero-order chi connectivity index (χ0) is 33.8. The molecule has 3 aromatic heterocycles. The molecule has 7 aromatic rings. The van der Waals surface area contributed by atoms with Gasteiger partial charge in [-0.05, 0) is 52.4 Å². The standard InChI is InChI=1S/C27H22NO.C17H22NSi.Ir/c1-18(2)16-19-14-15-28-24(17-19)22-13-12-21(20-8-4-3-5-9-20)26-23-10-6-7-11-25(23)29-27(22)26;1-13(2)15-11-16(14-9-7-6-8-10-14)18-12-17(15)19(3,4)5;/h3-12,14-15,17-18H,16H2,1-2H3;6-9,11-13H,1-5H3;/q2*-1;. The van der Waals surface area contributed by atoms with E-state index in [-0.39, 0.29) is 20.1 Å². The molecule has 0 amide bonds. The van der Waals surface area contributed by atoms with Crippen LogP contribution in [0.15, 0.2) is 120 Å². The van der Waals surface area contributed by atoms with Crippen molar-refractivity contribution in [1.29, 1.82) is 0 Å². The molecular formula is C44H44IrN2OSi-2. The Morgan fingerprint density at radius 3 is 2.20 bits per heavy atom. The van der Waals surface area contributed by atoms with Gasteiger partial charge in [-0.1, -0.05) is 136 Å². The third-order valence-electron chi connectivity index (χ3n) is 8.61. The molecule has 0 saturated heterocycles. The number of rotatable bonds is 7. The first-order valence-corrected chi connectivity index (χ1v) is 20.4. The fourth-order valence-corrected chi connectivity index (χ4v) is 7.97. The van der Waals surface area contributed by atoms with Gasteiger partial charge in [0.25, 0.3) is 0 Å². The number of hydrogen-bond acceptors (Lipinski definition) is 3. The van der Waals surface area contributed by atoms with Crippen molar-refractivity contribution in [2.45, 2.75) is 59.7 Å². The van der Waals surface area contributed by atoms with E-state index in [0.29, 0.717) is 11.8 Å². The molecule has 0 aliphatic rings. The van der Waals surface area contributed by atoms with E-state index in [1.807, 2.05) is 42.6 Å². The summed E-state index contributed by atoms with van der Waals surface area (Å²) in [5.41, 5.74) is 10.7. The first-order chi connectivity index (χ1) is 23.1. The summed E-state index contributed by atoms with van der Waals surface area (Å²) in [6.45, 7) is 16.1. The van der Waals surface area contributed by atoms with Crippen LogP contribution in [-0.4, -0.2) is 18.0 Å². The van der Waals surface area contributed by atoms with Crippen molar-refractivity contribution in [3.63, 3.8) is 0 Å². The van der Waals surface area contributed by atoms with Gasteiger partial charge in [-0.15, -0.1) is 48.0 Å². The second kappa shape index (κ2) is 15.6. The predicted octanol–water partition coefficient (Wildman–Crippen LogP) is 11.5. The van der Waals surface area contributed by atoms with Gasteiger partial charge in [0.05, 0.1) is 13.7 Å². The van der Waals surface area contributed by atoms with Crippen LogP contribution in [0.5, 0.6) is 0 Å². The Hall–Kier alpha value is -4.15. The zero-order valence-corrected chi connectivity index (χ0v) is 32.9. The molecule has 0 N–H and O–H groups in total. The summed E-state index contributed by atoms with van der Waals surface area (Å²) < 4.78 is 6.35. The van der Waals surface area contributed by atoms with Gasteiger partial charge in [0.15, 0.2) is 0 Å². The molecule has 0 atom stereocenters. The van der Waals surface area contributed by atoms with Gasteiger partial charge in [-0.3, -0.25) is 0 Å². The van der Waals surface area contributed by atoms with E-state index in [2.05, 4.69) is 142 Å². The van der Waals surface area contributed by atoms with Crippen LogP contribution in [0.4, 0.5) is 0 Å². The molecule has 4 aromatic carbocycles. The second-order valence-electron chi connectivity index (χ2n) is 14.2. The number of para-hydroxylation sites is 1. The van der Waals surface area contributed by atoms with Crippen molar-refractivity contribution in [1.82, 2.24) is 9.97 Å². The van der Waals surface area contributed by atoms with Crippen LogP contribution in [0, 0.1) is 18.1 Å². The van der Waals surface area contributed by atoms with E-state index in [1.54, 1.807) is 0 Å². The number of aromatic nitrogens is 2. The van der Waals surface area contributed by atoms with Gasteiger partial charge in [-0.2, -0.15) is 0 Å². The Morgan fingerprint density at radius 2 is 1.51 bits per heavy atom. The van der Waals surface area contributed by atoms with Crippen molar-refractivity contribution in [3.8, 4) is 33.6 Å². The third-order valence-corrected chi connectivity index (χ3v) is 10.6. The number of hydrogen-bond donors (Lipinski definition) is 0. The van der Waals surface area contributed by atoms with Gasteiger partial charge in [0.2, 0.25) is 0 Å². The molecule has 1 radical (unpaired) electrons. The first-order valence-electron chi connectivity index (χ1n) is 16.9. The summed E-state index contributed by atoms with van der Waals surface area (Å²) in [5, 5.41) is 3.72. The number of furan rings is 1. The minimum Gasteiger partial charge on any atom is -0.501 e. The Labute approximate surface area is 306 Å². The maximum atomic E-state index is 6.35. The third kappa shape index (κ3) is 8.19. The molecule has 5 heteroatoms. The SMILES string of the molecule is CC(C)Cc1ccnc(-c2[c-]cc(-c3ccccc3)c3c2oc2ccccc23)c1.CC(C)c1cc(-c2[c-]cccc2)ncc1[Si](C)(C)C.[Ir]. The van der Waals surface area contributed by atoms with Crippen LogP contribution in [0.2, 0.25) is 19.6 Å². The fraction of sp³-hybridized carbons (Fsp3) is 0.227. The molecule has 0 aliphatic heterocycles. The molecule has 0 saturated carbocycles. The number of benzene rings is 4. The molecule has 3 heterocycles. The molecule has 0 bridgehead atoms. The molecule has 7 rings (SSSR count). The van der Waals surface area contributed by atoms with E-state index < -0.39 is 8.07 Å². The van der Waals surface area contributed by atoms with Crippen LogP contribution in [0.3, 0.4) is 0 Å². The quantitative estimate of drug-likeness (QED) is 0.119. The van der Waals surface area contributed by atoms with E-state index in [4.69, 9.17) is 4.42 Å². The van der Waals surface area contributed by atoms with Crippen LogP contribution >= 0.6 is 0 Å². The normalized spacial score (nSPS) is 11.4. The van der Waals surface area contributed by atoms with Crippen LogP contribution < -0.4 is 5.19 Å². The topological polar surface area (TPSA) is 38.9 Å². The minimum absolute atomic E-state index is 0. The maximum Gasteiger partial charge on any atom is 0.120 e. The number of fused-ring (bicyclic) bond motifs is 3. The summed E-state index contributed by atoms with van der Waals surface area (Å²) in [7, 11) is -1.34. The molecule has 49 heavy (non-hydrogen) atoms. The molecule has 251 valence electrons. The van der Waals surface area contributed by atoms with Gasteiger partial charge in [-0.25, -0.2) is 0 Å². The second-order valence-corrected chi connectivity index (χ2v) is 19.3. The molecule has 0 spiro atoms. The van der Waals surface area contributed by atoms with Crippen molar-refractivity contribution >= 4 is 35.2 Å². The predicted molar refractivity (Wildman–Crippen MR) is 205 cm³/mol. The molecular weight excluding hydrogens is 793 g/mol. The molecule has 0 unspecified atom stereocenters. The Morgan fingerprint density at radius 1 is 0.776 bits per heavy atom. The van der Waals surface area contributed by atoms with Gasteiger partial charge in [0, 0.05) is 37.9 Å². The summed E-state index contributed by atoms with van der Waals surface area (Å²) in [5.74, 6) is 1.13. The van der Waals surface area contributed by atoms with E-state index >= 15 is 0 Å². The summed E-state index contributed by atoms with van der Waals surface area (Å²) >= 11 is 0. The largest absolute Gasteiger partial charge is 0.501 e. The van der Waals surface area contributed by atoms with Crippen LogP contribution in [0.1, 0.15) is 44.7 Å². The summed E-state index contributed by atoms with van der Waals surface area (Å²) in [6.07, 6.45) is 5.01. The van der Waals surface area contributed by atoms with Crippen LogP contribution in [0.25, 0.3) is 55.6 Å². The molecule has 3 nitrogen and oxygen atoms in total. The number of pyridine rings is 2. The van der Waals surface area contributed by atoms with E-state index in [9.17, 15) is 0 Å². The smallest absolute Gasteiger partial charge is 0.120 e. The molecule has 0 fully saturated rings. The van der Waals surface area contributed by atoms with Gasteiger partial charge in [0.1, 0.15) is 5.58 Å².